The number of nitriles is 1. The highest BCUT2D eigenvalue weighted by Gasteiger charge is 2.21. The van der Waals surface area contributed by atoms with Crippen molar-refractivity contribution >= 4 is 28.3 Å². The van der Waals surface area contributed by atoms with Crippen molar-refractivity contribution < 1.29 is 14.7 Å². The fourth-order valence-electron chi connectivity index (χ4n) is 4.20. The molecular formula is C25H24N4O4S. The van der Waals surface area contributed by atoms with E-state index < -0.39 is 11.9 Å². The molecule has 0 saturated heterocycles. The quantitative estimate of drug-likeness (QED) is 0.558. The highest BCUT2D eigenvalue weighted by Crippen LogP contribution is 2.22. The van der Waals surface area contributed by atoms with Crippen LogP contribution in [0.3, 0.4) is 0 Å². The molecule has 9 heteroatoms. The van der Waals surface area contributed by atoms with E-state index in [0.717, 1.165) is 66.7 Å². The predicted octanol–water partition coefficient (Wildman–Crippen LogP) is 3.76. The van der Waals surface area contributed by atoms with Crippen molar-refractivity contribution in [2.45, 2.75) is 51.5 Å². The van der Waals surface area contributed by atoms with Gasteiger partial charge in [0, 0.05) is 11.1 Å². The molecular weight excluding hydrogens is 452 g/mol. The Bertz CT molecular complexity index is 1320. The van der Waals surface area contributed by atoms with Crippen LogP contribution in [0.25, 0.3) is 0 Å². The first-order valence-electron chi connectivity index (χ1n) is 11.2. The van der Waals surface area contributed by atoms with E-state index in [0.29, 0.717) is 17.8 Å². The summed E-state index contributed by atoms with van der Waals surface area (Å²) in [6.07, 6.45) is 5.53. The lowest BCUT2D eigenvalue weighted by Crippen LogP contribution is -2.33. The van der Waals surface area contributed by atoms with Crippen molar-refractivity contribution in [1.82, 2.24) is 9.55 Å². The lowest BCUT2D eigenvalue weighted by molar-refractivity contribution is -0.136. The minimum atomic E-state index is -1.00. The number of thiazole rings is 1. The van der Waals surface area contributed by atoms with Gasteiger partial charge in [0.15, 0.2) is 5.13 Å². The standard InChI is InChI=1S/C25H24N4O4S/c26-13-16-7-9-17(10-8-16)14-29-21-6-4-2-1-3-5-18(21)11-20(24(29)33)23(32)28-25-27-19(15-34-25)12-22(30)31/h7-11,15H,1-6,12,14H2,(H,30,31)(H,27,28,32). The molecule has 0 spiro atoms. The number of nitrogens with one attached hydrogen (secondary N) is 1. The molecule has 1 amide bonds. The van der Waals surface area contributed by atoms with Gasteiger partial charge in [-0.1, -0.05) is 25.0 Å². The molecule has 4 rings (SSSR count). The topological polar surface area (TPSA) is 125 Å². The molecule has 0 bridgehead atoms. The van der Waals surface area contributed by atoms with Crippen molar-refractivity contribution in [3.63, 3.8) is 0 Å². The number of anilines is 1. The van der Waals surface area contributed by atoms with Gasteiger partial charge in [0.05, 0.1) is 30.3 Å². The van der Waals surface area contributed by atoms with Gasteiger partial charge in [0.25, 0.3) is 11.5 Å². The average Bonchev–Trinajstić information content (AvgIpc) is 3.22. The van der Waals surface area contributed by atoms with E-state index in [9.17, 15) is 14.4 Å². The summed E-state index contributed by atoms with van der Waals surface area (Å²) in [6.45, 7) is 0.313. The summed E-state index contributed by atoms with van der Waals surface area (Å²) in [5, 5.41) is 22.5. The van der Waals surface area contributed by atoms with Gasteiger partial charge < -0.3 is 9.67 Å². The maximum absolute atomic E-state index is 13.5. The second-order valence-corrected chi connectivity index (χ2v) is 9.17. The Morgan fingerprint density at radius 3 is 2.59 bits per heavy atom. The van der Waals surface area contributed by atoms with Gasteiger partial charge in [-0.05, 0) is 55.0 Å². The molecule has 34 heavy (non-hydrogen) atoms. The summed E-state index contributed by atoms with van der Waals surface area (Å²) < 4.78 is 1.69. The normalized spacial score (nSPS) is 13.3. The Kier molecular flexibility index (Phi) is 7.18. The smallest absolute Gasteiger partial charge is 0.309 e. The molecule has 1 aliphatic rings. The molecule has 0 saturated carbocycles. The predicted molar refractivity (Wildman–Crippen MR) is 128 cm³/mol. The van der Waals surface area contributed by atoms with Crippen molar-refractivity contribution in [3.8, 4) is 6.07 Å². The number of nitrogens with zero attached hydrogens (tertiary/aromatic N) is 3. The fraction of sp³-hybridized carbons (Fsp3) is 0.320. The number of carboxylic acid groups (broad SMARTS) is 1. The number of fused-ring (bicyclic) bond motifs is 1. The van der Waals surface area contributed by atoms with Crippen molar-refractivity contribution in [1.29, 1.82) is 5.26 Å². The third kappa shape index (κ3) is 5.41. The van der Waals surface area contributed by atoms with Crippen LogP contribution < -0.4 is 10.9 Å². The van der Waals surface area contributed by atoms with Crippen LogP contribution >= 0.6 is 11.3 Å². The van der Waals surface area contributed by atoms with Crippen LogP contribution in [-0.2, 0) is 30.6 Å². The first-order valence-corrected chi connectivity index (χ1v) is 12.0. The fourth-order valence-corrected chi connectivity index (χ4v) is 4.90. The van der Waals surface area contributed by atoms with Crippen LogP contribution in [0.15, 0.2) is 40.5 Å². The van der Waals surface area contributed by atoms with Gasteiger partial charge >= 0.3 is 5.97 Å². The molecule has 1 aliphatic carbocycles. The summed E-state index contributed by atoms with van der Waals surface area (Å²) in [4.78, 5) is 41.6. The second kappa shape index (κ2) is 10.4. The van der Waals surface area contributed by atoms with Crippen molar-refractivity contribution in [2.24, 2.45) is 0 Å². The number of carbonyl (C=O) groups excluding carboxylic acids is 1. The number of rotatable bonds is 6. The van der Waals surface area contributed by atoms with E-state index >= 15 is 0 Å². The van der Waals surface area contributed by atoms with E-state index in [4.69, 9.17) is 10.4 Å². The Morgan fingerprint density at radius 2 is 1.88 bits per heavy atom. The molecule has 2 heterocycles. The highest BCUT2D eigenvalue weighted by molar-refractivity contribution is 7.14. The Labute approximate surface area is 200 Å². The van der Waals surface area contributed by atoms with Crippen molar-refractivity contribution in [3.05, 3.63) is 79.7 Å². The Hall–Kier alpha value is -3.77. The monoisotopic (exact) mass is 476 g/mol. The minimum absolute atomic E-state index is 0.0444. The molecule has 1 aromatic carbocycles. The number of hydrogen-bond acceptors (Lipinski definition) is 6. The van der Waals surface area contributed by atoms with E-state index in [1.54, 1.807) is 28.1 Å². The summed E-state index contributed by atoms with van der Waals surface area (Å²) >= 11 is 1.12. The van der Waals surface area contributed by atoms with E-state index in [1.807, 2.05) is 12.1 Å². The molecule has 0 unspecified atom stereocenters. The molecule has 2 N–H and O–H groups in total. The van der Waals surface area contributed by atoms with E-state index in [2.05, 4.69) is 16.4 Å². The Morgan fingerprint density at radius 1 is 1.15 bits per heavy atom. The first-order chi connectivity index (χ1) is 16.4. The number of aryl methyl sites for hydroxylation is 1. The van der Waals surface area contributed by atoms with Crippen LogP contribution in [-0.4, -0.2) is 26.5 Å². The van der Waals surface area contributed by atoms with Gasteiger partial charge in [0.2, 0.25) is 0 Å². The molecule has 8 nitrogen and oxygen atoms in total. The molecule has 0 atom stereocenters. The summed E-state index contributed by atoms with van der Waals surface area (Å²) in [6, 6.07) is 10.9. The Balaban J connectivity index is 1.69. The zero-order valence-electron chi connectivity index (χ0n) is 18.5. The van der Waals surface area contributed by atoms with Gasteiger partial charge in [0.1, 0.15) is 5.56 Å². The summed E-state index contributed by atoms with van der Waals surface area (Å²) in [5.74, 6) is -1.56. The van der Waals surface area contributed by atoms with Crippen LogP contribution in [0.5, 0.6) is 0 Å². The molecule has 3 aromatic rings. The summed E-state index contributed by atoms with van der Waals surface area (Å²) in [7, 11) is 0. The average molecular weight is 477 g/mol. The molecule has 0 fully saturated rings. The number of aliphatic carboxylic acids is 1. The van der Waals surface area contributed by atoms with Gasteiger partial charge in [-0.15, -0.1) is 11.3 Å². The number of hydrogen-bond donors (Lipinski definition) is 2. The van der Waals surface area contributed by atoms with Crippen LogP contribution in [0.2, 0.25) is 0 Å². The second-order valence-electron chi connectivity index (χ2n) is 8.31. The molecule has 0 radical (unpaired) electrons. The third-order valence-corrected chi connectivity index (χ3v) is 6.68. The summed E-state index contributed by atoms with van der Waals surface area (Å²) in [5.41, 5.74) is 3.41. The van der Waals surface area contributed by atoms with Gasteiger partial charge in [-0.25, -0.2) is 4.98 Å². The number of carboxylic acids is 1. The molecule has 2 aromatic heterocycles. The van der Waals surface area contributed by atoms with Crippen molar-refractivity contribution in [2.75, 3.05) is 5.32 Å². The van der Waals surface area contributed by atoms with Crippen LogP contribution in [0.1, 0.15) is 64.1 Å². The van der Waals surface area contributed by atoms with Crippen LogP contribution in [0, 0.1) is 11.3 Å². The molecule has 0 aliphatic heterocycles. The van der Waals surface area contributed by atoms with Gasteiger partial charge in [-0.2, -0.15) is 5.26 Å². The van der Waals surface area contributed by atoms with E-state index in [1.165, 1.54) is 0 Å². The number of aromatic nitrogens is 2. The maximum atomic E-state index is 13.5. The molecule has 174 valence electrons. The number of carbonyl (C=O) groups is 2. The number of pyridine rings is 1. The zero-order valence-corrected chi connectivity index (χ0v) is 19.4. The first kappa shape index (κ1) is 23.4. The highest BCUT2D eigenvalue weighted by atomic mass is 32.1. The largest absolute Gasteiger partial charge is 0.481 e. The number of benzene rings is 1. The SMILES string of the molecule is N#Cc1ccc(Cn2c3c(cc(C(=O)Nc4nc(CC(=O)O)cs4)c2=O)CCCCCC3)cc1. The number of amides is 1. The zero-order chi connectivity index (χ0) is 24.1. The van der Waals surface area contributed by atoms with Crippen LogP contribution in [0.4, 0.5) is 5.13 Å². The minimum Gasteiger partial charge on any atom is -0.481 e. The van der Waals surface area contributed by atoms with Gasteiger partial charge in [-0.3, -0.25) is 19.7 Å². The maximum Gasteiger partial charge on any atom is 0.309 e. The third-order valence-electron chi connectivity index (χ3n) is 5.87. The lowest BCUT2D eigenvalue weighted by Gasteiger charge is -2.21. The van der Waals surface area contributed by atoms with E-state index in [-0.39, 0.29) is 22.7 Å². The lowest BCUT2D eigenvalue weighted by atomic mass is 9.95.